The van der Waals surface area contributed by atoms with E-state index < -0.39 is 0 Å². The van der Waals surface area contributed by atoms with Crippen LogP contribution in [0.3, 0.4) is 0 Å². The van der Waals surface area contributed by atoms with Crippen molar-refractivity contribution in [2.45, 2.75) is 25.5 Å². The van der Waals surface area contributed by atoms with Gasteiger partial charge < -0.3 is 14.5 Å². The molecule has 0 saturated carbocycles. The van der Waals surface area contributed by atoms with Crippen molar-refractivity contribution < 1.29 is 14.3 Å². The molecule has 2 heterocycles. The van der Waals surface area contributed by atoms with Gasteiger partial charge in [0.15, 0.2) is 0 Å². The summed E-state index contributed by atoms with van der Waals surface area (Å²) in [5, 5.41) is 0. The minimum absolute atomic E-state index is 0.000904. The third-order valence-corrected chi connectivity index (χ3v) is 5.11. The summed E-state index contributed by atoms with van der Waals surface area (Å²) in [6.07, 6.45) is 1.16. The Morgan fingerprint density at radius 3 is 2.65 bits per heavy atom. The number of carbonyl (C=O) groups is 2. The van der Waals surface area contributed by atoms with E-state index in [1.165, 1.54) is 5.56 Å². The summed E-state index contributed by atoms with van der Waals surface area (Å²) in [4.78, 5) is 28.3. The van der Waals surface area contributed by atoms with Crippen molar-refractivity contribution in [1.82, 2.24) is 9.80 Å². The van der Waals surface area contributed by atoms with Gasteiger partial charge in [-0.1, -0.05) is 36.4 Å². The molecule has 0 spiro atoms. The van der Waals surface area contributed by atoms with E-state index in [2.05, 4.69) is 6.07 Å². The highest BCUT2D eigenvalue weighted by atomic mass is 16.5. The first-order valence-electron chi connectivity index (χ1n) is 8.97. The van der Waals surface area contributed by atoms with Crippen molar-refractivity contribution in [1.29, 1.82) is 0 Å². The molecule has 0 radical (unpaired) electrons. The molecular formula is C21H22N2O3. The van der Waals surface area contributed by atoms with E-state index in [0.29, 0.717) is 26.1 Å². The number of ether oxygens (including phenoxy) is 1. The molecule has 0 aromatic heterocycles. The molecule has 2 aliphatic heterocycles. The normalized spacial score (nSPS) is 17.7. The minimum atomic E-state index is -0.000904. The summed E-state index contributed by atoms with van der Waals surface area (Å²) in [5.74, 6) is 0.970. The first-order chi connectivity index (χ1) is 12.6. The maximum Gasteiger partial charge on any atom is 0.254 e. The number of hydrogen-bond donors (Lipinski definition) is 0. The molecule has 0 N–H and O–H groups in total. The zero-order valence-electron chi connectivity index (χ0n) is 14.9. The Morgan fingerprint density at radius 2 is 1.88 bits per heavy atom. The minimum Gasteiger partial charge on any atom is -0.488 e. The van der Waals surface area contributed by atoms with Crippen LogP contribution < -0.4 is 4.74 Å². The molecule has 0 aliphatic carbocycles. The fraction of sp³-hybridized carbons (Fsp3) is 0.333. The van der Waals surface area contributed by atoms with E-state index in [9.17, 15) is 9.59 Å². The van der Waals surface area contributed by atoms with E-state index in [1.807, 2.05) is 42.5 Å². The largest absolute Gasteiger partial charge is 0.488 e. The zero-order valence-corrected chi connectivity index (χ0v) is 14.9. The number of benzene rings is 2. The maximum absolute atomic E-state index is 12.5. The second kappa shape index (κ2) is 6.83. The Labute approximate surface area is 153 Å². The molecule has 0 fully saturated rings. The Hall–Kier alpha value is -2.82. The molecule has 1 atom stereocenters. The summed E-state index contributed by atoms with van der Waals surface area (Å²) in [6, 6.07) is 15.6. The van der Waals surface area contributed by atoms with Crippen LogP contribution in [0.5, 0.6) is 5.75 Å². The van der Waals surface area contributed by atoms with Gasteiger partial charge in [0.25, 0.3) is 5.91 Å². The van der Waals surface area contributed by atoms with Gasteiger partial charge in [0, 0.05) is 38.5 Å². The van der Waals surface area contributed by atoms with Crippen LogP contribution in [0.15, 0.2) is 48.5 Å². The lowest BCUT2D eigenvalue weighted by Crippen LogP contribution is -2.38. The SMILES string of the molecule is CN(C[C@@H]1Cc2ccccc2O1)C(=O)CCN1Cc2ccccc2C1=O. The third-order valence-electron chi connectivity index (χ3n) is 5.11. The van der Waals surface area contributed by atoms with Crippen LogP contribution in [-0.2, 0) is 17.8 Å². The summed E-state index contributed by atoms with van der Waals surface area (Å²) < 4.78 is 5.91. The fourth-order valence-corrected chi connectivity index (χ4v) is 3.68. The molecule has 5 heteroatoms. The molecule has 0 bridgehead atoms. The summed E-state index contributed by atoms with van der Waals surface area (Å²) in [5.41, 5.74) is 2.99. The van der Waals surface area contributed by atoms with Crippen LogP contribution >= 0.6 is 0 Å². The number of para-hydroxylation sites is 1. The summed E-state index contributed by atoms with van der Waals surface area (Å²) >= 11 is 0. The Kier molecular flexibility index (Phi) is 4.37. The maximum atomic E-state index is 12.5. The zero-order chi connectivity index (χ0) is 18.1. The highest BCUT2D eigenvalue weighted by Crippen LogP contribution is 2.28. The van der Waals surface area contributed by atoms with Crippen molar-refractivity contribution in [2.24, 2.45) is 0 Å². The lowest BCUT2D eigenvalue weighted by atomic mass is 10.1. The van der Waals surface area contributed by atoms with Gasteiger partial charge in [-0.2, -0.15) is 0 Å². The monoisotopic (exact) mass is 350 g/mol. The number of carbonyl (C=O) groups excluding carboxylic acids is 2. The van der Waals surface area contributed by atoms with E-state index in [4.69, 9.17) is 4.74 Å². The van der Waals surface area contributed by atoms with Gasteiger partial charge in [0.2, 0.25) is 5.91 Å². The average Bonchev–Trinajstić information content (AvgIpc) is 3.20. The van der Waals surface area contributed by atoms with E-state index >= 15 is 0 Å². The smallest absolute Gasteiger partial charge is 0.254 e. The molecule has 2 aromatic rings. The van der Waals surface area contributed by atoms with Crippen LogP contribution in [0.25, 0.3) is 0 Å². The van der Waals surface area contributed by atoms with E-state index in [-0.39, 0.29) is 17.9 Å². The summed E-state index contributed by atoms with van der Waals surface area (Å²) in [6.45, 7) is 1.59. The number of fused-ring (bicyclic) bond motifs is 2. The van der Waals surface area contributed by atoms with Crippen LogP contribution in [0.1, 0.15) is 27.9 Å². The van der Waals surface area contributed by atoms with Gasteiger partial charge in [-0.15, -0.1) is 0 Å². The number of rotatable bonds is 5. The highest BCUT2D eigenvalue weighted by molar-refractivity contribution is 5.98. The molecule has 2 amide bonds. The number of nitrogens with zero attached hydrogens (tertiary/aromatic N) is 2. The summed E-state index contributed by atoms with van der Waals surface area (Å²) in [7, 11) is 1.80. The number of hydrogen-bond acceptors (Lipinski definition) is 3. The van der Waals surface area contributed by atoms with Gasteiger partial charge >= 0.3 is 0 Å². The molecule has 2 aromatic carbocycles. The first kappa shape index (κ1) is 16.6. The molecule has 4 rings (SSSR count). The number of amides is 2. The van der Waals surface area contributed by atoms with Gasteiger partial charge in [0.05, 0.1) is 6.54 Å². The molecule has 0 unspecified atom stereocenters. The molecular weight excluding hydrogens is 328 g/mol. The first-order valence-corrected chi connectivity index (χ1v) is 8.97. The van der Waals surface area contributed by atoms with Crippen molar-refractivity contribution in [3.05, 3.63) is 65.2 Å². The molecule has 2 aliphatic rings. The average molecular weight is 350 g/mol. The fourth-order valence-electron chi connectivity index (χ4n) is 3.68. The third kappa shape index (κ3) is 3.17. The van der Waals surface area contributed by atoms with Crippen LogP contribution in [0.2, 0.25) is 0 Å². The van der Waals surface area contributed by atoms with Crippen molar-refractivity contribution in [3.8, 4) is 5.75 Å². The number of likely N-dealkylation sites (N-methyl/N-ethyl adjacent to an activating group) is 1. The predicted molar refractivity (Wildman–Crippen MR) is 98.0 cm³/mol. The van der Waals surface area contributed by atoms with Gasteiger partial charge in [0.1, 0.15) is 11.9 Å². The highest BCUT2D eigenvalue weighted by Gasteiger charge is 2.28. The second-order valence-corrected chi connectivity index (χ2v) is 6.96. The van der Waals surface area contributed by atoms with Crippen molar-refractivity contribution >= 4 is 11.8 Å². The van der Waals surface area contributed by atoms with Crippen molar-refractivity contribution in [3.63, 3.8) is 0 Å². The molecule has 0 saturated heterocycles. The topological polar surface area (TPSA) is 49.9 Å². The van der Waals surface area contributed by atoms with Gasteiger partial charge in [-0.05, 0) is 23.3 Å². The lowest BCUT2D eigenvalue weighted by Gasteiger charge is -2.22. The van der Waals surface area contributed by atoms with Crippen molar-refractivity contribution in [2.75, 3.05) is 20.1 Å². The van der Waals surface area contributed by atoms with E-state index in [1.54, 1.807) is 16.8 Å². The second-order valence-electron chi connectivity index (χ2n) is 6.96. The molecule has 134 valence electrons. The van der Waals surface area contributed by atoms with Crippen LogP contribution in [0.4, 0.5) is 0 Å². The Bertz CT molecular complexity index is 824. The Morgan fingerprint density at radius 1 is 1.15 bits per heavy atom. The molecule has 26 heavy (non-hydrogen) atoms. The lowest BCUT2D eigenvalue weighted by molar-refractivity contribution is -0.131. The van der Waals surface area contributed by atoms with Gasteiger partial charge in [-0.3, -0.25) is 9.59 Å². The molecule has 5 nitrogen and oxygen atoms in total. The van der Waals surface area contributed by atoms with E-state index in [0.717, 1.165) is 23.3 Å². The standard InChI is InChI=1S/C21H22N2O3/c1-22(14-17-12-15-6-3-5-9-19(15)26-17)20(24)10-11-23-13-16-7-2-4-8-18(16)21(23)25/h2-9,17H,10-14H2,1H3/t17-/m0/s1. The predicted octanol–water partition coefficient (Wildman–Crippen LogP) is 2.49. The Balaban J connectivity index is 1.27. The van der Waals surface area contributed by atoms with Crippen LogP contribution in [-0.4, -0.2) is 47.9 Å². The quantitative estimate of drug-likeness (QED) is 0.832. The van der Waals surface area contributed by atoms with Crippen LogP contribution in [0, 0.1) is 0 Å². The van der Waals surface area contributed by atoms with Gasteiger partial charge in [-0.25, -0.2) is 0 Å².